The van der Waals surface area contributed by atoms with Crippen LogP contribution in [0.1, 0.15) is 27.9 Å². The fourth-order valence-corrected chi connectivity index (χ4v) is 4.76. The van der Waals surface area contributed by atoms with Gasteiger partial charge in [0, 0.05) is 23.5 Å². The van der Waals surface area contributed by atoms with Gasteiger partial charge in [0.2, 0.25) is 0 Å². The van der Waals surface area contributed by atoms with Gasteiger partial charge < -0.3 is 4.90 Å². The monoisotopic (exact) mass is 406 g/mol. The number of nitrogens with zero attached hydrogens (tertiary/aromatic N) is 1. The molecule has 1 N–H and O–H groups in total. The van der Waals surface area contributed by atoms with Crippen LogP contribution < -0.4 is 9.62 Å². The highest BCUT2D eigenvalue weighted by molar-refractivity contribution is 7.92. The van der Waals surface area contributed by atoms with Crippen molar-refractivity contribution >= 4 is 27.3 Å². The second-order valence-electron chi connectivity index (χ2n) is 7.19. The van der Waals surface area contributed by atoms with E-state index in [-0.39, 0.29) is 10.8 Å². The van der Waals surface area contributed by atoms with Crippen LogP contribution in [0, 0.1) is 6.92 Å². The zero-order valence-electron chi connectivity index (χ0n) is 16.1. The quantitative estimate of drug-likeness (QED) is 0.699. The molecule has 1 aliphatic heterocycles. The summed E-state index contributed by atoms with van der Waals surface area (Å²) in [6.07, 6.45) is 1.63. The molecule has 1 amide bonds. The summed E-state index contributed by atoms with van der Waals surface area (Å²) in [5.41, 5.74) is 3.82. The summed E-state index contributed by atoms with van der Waals surface area (Å²) in [7, 11) is -3.67. The number of anilines is 2. The predicted molar refractivity (Wildman–Crippen MR) is 115 cm³/mol. The van der Waals surface area contributed by atoms with Crippen LogP contribution in [-0.4, -0.2) is 20.9 Å². The van der Waals surface area contributed by atoms with Gasteiger partial charge >= 0.3 is 0 Å². The van der Waals surface area contributed by atoms with E-state index in [2.05, 4.69) is 4.72 Å². The summed E-state index contributed by atoms with van der Waals surface area (Å²) in [5, 5.41) is 0. The van der Waals surface area contributed by atoms with E-state index in [1.54, 1.807) is 41.3 Å². The number of rotatable bonds is 4. The topological polar surface area (TPSA) is 66.5 Å². The maximum absolute atomic E-state index is 12.9. The first-order chi connectivity index (χ1) is 13.9. The van der Waals surface area contributed by atoms with Gasteiger partial charge in [-0.1, -0.05) is 30.3 Å². The van der Waals surface area contributed by atoms with Crippen LogP contribution in [0.5, 0.6) is 0 Å². The minimum atomic E-state index is -3.67. The molecule has 1 aliphatic rings. The summed E-state index contributed by atoms with van der Waals surface area (Å²) in [4.78, 5) is 14.9. The smallest absolute Gasteiger partial charge is 0.261 e. The summed E-state index contributed by atoms with van der Waals surface area (Å²) < 4.78 is 28.1. The molecule has 0 aliphatic carbocycles. The first-order valence-electron chi connectivity index (χ1n) is 9.53. The van der Waals surface area contributed by atoms with Gasteiger partial charge in [-0.05, 0) is 73.4 Å². The molecule has 0 spiro atoms. The number of hydrogen-bond donors (Lipinski definition) is 1. The lowest BCUT2D eigenvalue weighted by Gasteiger charge is -2.30. The third-order valence-corrected chi connectivity index (χ3v) is 6.40. The lowest BCUT2D eigenvalue weighted by molar-refractivity contribution is 0.0985. The fraction of sp³-hybridized carbons (Fsp3) is 0.174. The first kappa shape index (κ1) is 19.2. The van der Waals surface area contributed by atoms with Crippen LogP contribution >= 0.6 is 0 Å². The maximum atomic E-state index is 12.9. The Bertz CT molecular complexity index is 1160. The molecular weight excluding hydrogens is 384 g/mol. The predicted octanol–water partition coefficient (Wildman–Crippen LogP) is 4.39. The van der Waals surface area contributed by atoms with Crippen molar-refractivity contribution in [2.45, 2.75) is 24.7 Å². The molecule has 0 atom stereocenters. The molecule has 148 valence electrons. The van der Waals surface area contributed by atoms with Gasteiger partial charge in [0.15, 0.2) is 0 Å². The Morgan fingerprint density at radius 3 is 2.52 bits per heavy atom. The van der Waals surface area contributed by atoms with Gasteiger partial charge in [0.1, 0.15) is 0 Å². The van der Waals surface area contributed by atoms with Gasteiger partial charge in [-0.25, -0.2) is 8.42 Å². The Balaban J connectivity index is 1.61. The van der Waals surface area contributed by atoms with E-state index < -0.39 is 10.0 Å². The van der Waals surface area contributed by atoms with Gasteiger partial charge in [-0.2, -0.15) is 0 Å². The molecule has 0 bridgehead atoms. The van der Waals surface area contributed by atoms with Crippen molar-refractivity contribution in [3.63, 3.8) is 0 Å². The Labute approximate surface area is 171 Å². The van der Waals surface area contributed by atoms with Crippen LogP contribution in [0.3, 0.4) is 0 Å². The van der Waals surface area contributed by atoms with Crippen molar-refractivity contribution in [2.24, 2.45) is 0 Å². The average molecular weight is 407 g/mol. The van der Waals surface area contributed by atoms with E-state index in [1.165, 1.54) is 0 Å². The molecule has 29 heavy (non-hydrogen) atoms. The number of hydrogen-bond acceptors (Lipinski definition) is 3. The highest BCUT2D eigenvalue weighted by Gasteiger charge is 2.24. The van der Waals surface area contributed by atoms with Crippen molar-refractivity contribution in [3.8, 4) is 0 Å². The lowest BCUT2D eigenvalue weighted by Crippen LogP contribution is -2.35. The molecule has 4 rings (SSSR count). The van der Waals surface area contributed by atoms with Crippen molar-refractivity contribution in [3.05, 3.63) is 89.5 Å². The Morgan fingerprint density at radius 2 is 1.76 bits per heavy atom. The van der Waals surface area contributed by atoms with Crippen molar-refractivity contribution in [1.29, 1.82) is 0 Å². The highest BCUT2D eigenvalue weighted by Crippen LogP contribution is 2.31. The molecule has 5 nitrogen and oxygen atoms in total. The van der Waals surface area contributed by atoms with Crippen LogP contribution in [0.15, 0.2) is 77.7 Å². The van der Waals surface area contributed by atoms with Gasteiger partial charge in [-0.3, -0.25) is 9.52 Å². The zero-order chi connectivity index (χ0) is 20.4. The van der Waals surface area contributed by atoms with Crippen LogP contribution in [-0.2, 0) is 16.4 Å². The number of nitrogens with one attached hydrogen (secondary N) is 1. The minimum absolute atomic E-state index is 0.0420. The van der Waals surface area contributed by atoms with E-state index >= 15 is 0 Å². The third-order valence-electron chi connectivity index (χ3n) is 5.02. The SMILES string of the molecule is Cc1cccc(S(=O)(=O)Nc2ccc3c(c2)CCCN3C(=O)c2ccccc2)c1. The van der Waals surface area contributed by atoms with E-state index in [9.17, 15) is 13.2 Å². The molecule has 3 aromatic rings. The summed E-state index contributed by atoms with van der Waals surface area (Å²) in [5.74, 6) is -0.0420. The summed E-state index contributed by atoms with van der Waals surface area (Å²) in [6.45, 7) is 2.51. The molecule has 6 heteroatoms. The van der Waals surface area contributed by atoms with Gasteiger partial charge in [0.25, 0.3) is 15.9 Å². The number of benzene rings is 3. The largest absolute Gasteiger partial charge is 0.308 e. The average Bonchev–Trinajstić information content (AvgIpc) is 2.73. The third kappa shape index (κ3) is 4.03. The molecule has 0 saturated carbocycles. The van der Waals surface area contributed by atoms with Crippen molar-refractivity contribution in [1.82, 2.24) is 0 Å². The van der Waals surface area contributed by atoms with E-state index in [0.717, 1.165) is 29.7 Å². The standard InChI is InChI=1S/C23H22N2O3S/c1-17-7-5-11-21(15-17)29(27,28)24-20-12-13-22-19(16-20)10-6-14-25(22)23(26)18-8-3-2-4-9-18/h2-5,7-9,11-13,15-16,24H,6,10,14H2,1H3. The lowest BCUT2D eigenvalue weighted by atomic mass is 10.00. The summed E-state index contributed by atoms with van der Waals surface area (Å²) >= 11 is 0. The minimum Gasteiger partial charge on any atom is -0.308 e. The molecule has 3 aromatic carbocycles. The van der Waals surface area contributed by atoms with Gasteiger partial charge in [0.05, 0.1) is 4.90 Å². The number of amides is 1. The Hall–Kier alpha value is -3.12. The molecule has 0 aromatic heterocycles. The van der Waals surface area contributed by atoms with Crippen LogP contribution in [0.25, 0.3) is 0 Å². The fourth-order valence-electron chi connectivity index (χ4n) is 3.60. The Morgan fingerprint density at radius 1 is 0.966 bits per heavy atom. The number of aryl methyl sites for hydroxylation is 2. The molecule has 1 heterocycles. The van der Waals surface area contributed by atoms with Crippen molar-refractivity contribution in [2.75, 3.05) is 16.2 Å². The molecule has 0 radical (unpaired) electrons. The Kier molecular flexibility index (Phi) is 5.11. The molecule has 0 fully saturated rings. The van der Waals surface area contributed by atoms with E-state index in [4.69, 9.17) is 0 Å². The second kappa shape index (κ2) is 7.72. The van der Waals surface area contributed by atoms with Crippen molar-refractivity contribution < 1.29 is 13.2 Å². The second-order valence-corrected chi connectivity index (χ2v) is 8.87. The molecule has 0 unspecified atom stereocenters. The number of carbonyl (C=O) groups excluding carboxylic acids is 1. The zero-order valence-corrected chi connectivity index (χ0v) is 16.9. The molecule has 0 saturated heterocycles. The van der Waals surface area contributed by atoms with E-state index in [0.29, 0.717) is 17.8 Å². The first-order valence-corrected chi connectivity index (χ1v) is 11.0. The van der Waals surface area contributed by atoms with Gasteiger partial charge in [-0.15, -0.1) is 0 Å². The van der Waals surface area contributed by atoms with Crippen LogP contribution in [0.4, 0.5) is 11.4 Å². The normalized spacial score (nSPS) is 13.6. The number of fused-ring (bicyclic) bond motifs is 1. The summed E-state index contributed by atoms with van der Waals surface area (Å²) in [6, 6.07) is 21.4. The van der Waals surface area contributed by atoms with Crippen LogP contribution in [0.2, 0.25) is 0 Å². The van der Waals surface area contributed by atoms with E-state index in [1.807, 2.05) is 43.3 Å². The number of carbonyl (C=O) groups is 1. The highest BCUT2D eigenvalue weighted by atomic mass is 32.2. The maximum Gasteiger partial charge on any atom is 0.261 e. The molecular formula is C23H22N2O3S. The number of sulfonamides is 1.